The number of rotatable bonds is 3. The number of anilines is 2. The molecule has 0 aliphatic rings. The first-order valence-corrected chi connectivity index (χ1v) is 5.20. The van der Waals surface area contributed by atoms with Crippen LogP contribution in [0.15, 0.2) is 22.0 Å². The van der Waals surface area contributed by atoms with Gasteiger partial charge < -0.3 is 16.0 Å². The van der Waals surface area contributed by atoms with E-state index in [-0.39, 0.29) is 12.5 Å². The van der Waals surface area contributed by atoms with Crippen LogP contribution in [0.2, 0.25) is 0 Å². The molecule has 2 aromatic heterocycles. The van der Waals surface area contributed by atoms with E-state index in [2.05, 4.69) is 25.3 Å². The summed E-state index contributed by atoms with van der Waals surface area (Å²) in [6, 6.07) is 0. The second kappa shape index (κ2) is 4.70. The fourth-order valence-electron chi connectivity index (χ4n) is 1.38. The quantitative estimate of drug-likeness (QED) is 0.571. The third-order valence-corrected chi connectivity index (χ3v) is 2.33. The molecule has 2 aromatic rings. The Balaban J connectivity index is 2.19. The van der Waals surface area contributed by atoms with Crippen LogP contribution in [0.4, 0.5) is 11.8 Å². The minimum Gasteiger partial charge on any atom is -0.368 e. The molecular formula is C10H12N6O2. The molecule has 0 radical (unpaired) electrons. The summed E-state index contributed by atoms with van der Waals surface area (Å²) < 4.78 is 0. The molecule has 0 aromatic carbocycles. The first-order valence-electron chi connectivity index (χ1n) is 5.20. The average Bonchev–Trinajstić information content (AvgIpc) is 2.32. The normalized spacial score (nSPS) is 10.3. The van der Waals surface area contributed by atoms with Gasteiger partial charge in [0.2, 0.25) is 5.95 Å². The highest BCUT2D eigenvalue weighted by molar-refractivity contribution is 5.45. The lowest BCUT2D eigenvalue weighted by Crippen LogP contribution is -2.26. The first kappa shape index (κ1) is 11.8. The van der Waals surface area contributed by atoms with Crippen molar-refractivity contribution in [3.8, 4) is 0 Å². The van der Waals surface area contributed by atoms with E-state index in [0.29, 0.717) is 11.4 Å². The van der Waals surface area contributed by atoms with E-state index in [1.807, 2.05) is 6.92 Å². The summed E-state index contributed by atoms with van der Waals surface area (Å²) in [6.07, 6.45) is 2.94. The van der Waals surface area contributed by atoms with Crippen LogP contribution in [0.3, 0.4) is 0 Å². The summed E-state index contributed by atoms with van der Waals surface area (Å²) >= 11 is 0. The van der Waals surface area contributed by atoms with Crippen LogP contribution >= 0.6 is 0 Å². The van der Waals surface area contributed by atoms with Crippen LogP contribution in [-0.2, 0) is 6.54 Å². The highest BCUT2D eigenvalue weighted by atomic mass is 16.2. The molecule has 0 aliphatic carbocycles. The van der Waals surface area contributed by atoms with Gasteiger partial charge in [0.1, 0.15) is 5.82 Å². The lowest BCUT2D eigenvalue weighted by Gasteiger charge is -2.07. The van der Waals surface area contributed by atoms with Crippen molar-refractivity contribution in [1.29, 1.82) is 0 Å². The molecule has 0 spiro atoms. The number of aromatic amines is 2. The minimum atomic E-state index is -0.536. The molecule has 0 unspecified atom stereocenters. The highest BCUT2D eigenvalue weighted by Gasteiger charge is 2.04. The van der Waals surface area contributed by atoms with Gasteiger partial charge in [0.05, 0.1) is 5.56 Å². The molecule has 0 saturated carbocycles. The van der Waals surface area contributed by atoms with Crippen molar-refractivity contribution in [2.75, 3.05) is 11.1 Å². The Kier molecular flexibility index (Phi) is 3.09. The molecule has 8 heteroatoms. The zero-order valence-corrected chi connectivity index (χ0v) is 9.65. The molecular weight excluding hydrogens is 236 g/mol. The zero-order valence-electron chi connectivity index (χ0n) is 9.65. The summed E-state index contributed by atoms with van der Waals surface area (Å²) in [5.41, 5.74) is 5.70. The number of hydrogen-bond donors (Lipinski definition) is 4. The van der Waals surface area contributed by atoms with Gasteiger partial charge in [-0.3, -0.25) is 9.78 Å². The van der Waals surface area contributed by atoms with Crippen molar-refractivity contribution >= 4 is 11.8 Å². The molecule has 0 aliphatic heterocycles. The third kappa shape index (κ3) is 2.54. The maximum Gasteiger partial charge on any atom is 0.325 e. The number of nitrogens with two attached hydrogens (primary N) is 1. The predicted octanol–water partition coefficient (Wildman–Crippen LogP) is -0.644. The number of hydrogen-bond acceptors (Lipinski definition) is 6. The molecule has 2 heterocycles. The smallest absolute Gasteiger partial charge is 0.325 e. The molecule has 94 valence electrons. The van der Waals surface area contributed by atoms with Gasteiger partial charge in [-0.2, -0.15) is 4.98 Å². The van der Waals surface area contributed by atoms with Crippen LogP contribution in [0.5, 0.6) is 0 Å². The van der Waals surface area contributed by atoms with Crippen molar-refractivity contribution in [3.63, 3.8) is 0 Å². The van der Waals surface area contributed by atoms with E-state index in [1.165, 1.54) is 6.20 Å². The Hall–Kier alpha value is -2.64. The van der Waals surface area contributed by atoms with Gasteiger partial charge in [-0.1, -0.05) is 0 Å². The van der Waals surface area contributed by atoms with Crippen LogP contribution < -0.4 is 22.3 Å². The lowest BCUT2D eigenvalue weighted by atomic mass is 10.3. The Bertz CT molecular complexity index is 675. The Labute approximate surface area is 101 Å². The lowest BCUT2D eigenvalue weighted by molar-refractivity contribution is 0.957. The molecule has 18 heavy (non-hydrogen) atoms. The van der Waals surface area contributed by atoms with Crippen molar-refractivity contribution in [1.82, 2.24) is 19.9 Å². The van der Waals surface area contributed by atoms with E-state index in [9.17, 15) is 9.59 Å². The monoisotopic (exact) mass is 248 g/mol. The second-order valence-electron chi connectivity index (χ2n) is 3.71. The average molecular weight is 248 g/mol. The van der Waals surface area contributed by atoms with Crippen molar-refractivity contribution < 1.29 is 0 Å². The van der Waals surface area contributed by atoms with Crippen molar-refractivity contribution in [3.05, 3.63) is 44.4 Å². The standard InChI is InChI=1S/C10H12N6O2/c1-5-2-13-9(11)15-7(5)12-3-6-4-14-10(18)16-8(6)17/h2,4H,3H2,1H3,(H3,11,12,13,15)(H2,14,16,17,18). The van der Waals surface area contributed by atoms with Gasteiger partial charge in [-0.05, 0) is 6.92 Å². The summed E-state index contributed by atoms with van der Waals surface area (Å²) in [6.45, 7) is 2.04. The summed E-state index contributed by atoms with van der Waals surface area (Å²) in [7, 11) is 0. The maximum absolute atomic E-state index is 11.4. The maximum atomic E-state index is 11.4. The molecule has 0 bridgehead atoms. The van der Waals surface area contributed by atoms with E-state index in [0.717, 1.165) is 5.56 Å². The Morgan fingerprint density at radius 2 is 2.22 bits per heavy atom. The number of aryl methyl sites for hydroxylation is 1. The van der Waals surface area contributed by atoms with Gasteiger partial charge >= 0.3 is 5.69 Å². The number of nitrogens with one attached hydrogen (secondary N) is 3. The molecule has 0 atom stereocenters. The molecule has 0 amide bonds. The van der Waals surface area contributed by atoms with Crippen molar-refractivity contribution in [2.45, 2.75) is 13.5 Å². The van der Waals surface area contributed by atoms with E-state index in [4.69, 9.17) is 5.73 Å². The number of nitrogens with zero attached hydrogens (tertiary/aromatic N) is 2. The third-order valence-electron chi connectivity index (χ3n) is 2.33. The summed E-state index contributed by atoms with van der Waals surface area (Å²) in [4.78, 5) is 34.7. The summed E-state index contributed by atoms with van der Waals surface area (Å²) in [5.74, 6) is 0.701. The predicted molar refractivity (Wildman–Crippen MR) is 66.2 cm³/mol. The molecule has 5 N–H and O–H groups in total. The molecule has 0 fully saturated rings. The van der Waals surface area contributed by atoms with E-state index in [1.54, 1.807) is 6.20 Å². The number of aromatic nitrogens is 4. The van der Waals surface area contributed by atoms with Crippen LogP contribution in [0, 0.1) is 6.92 Å². The topological polar surface area (TPSA) is 130 Å². The van der Waals surface area contributed by atoms with Crippen LogP contribution in [0.25, 0.3) is 0 Å². The fourth-order valence-corrected chi connectivity index (χ4v) is 1.38. The van der Waals surface area contributed by atoms with E-state index < -0.39 is 11.2 Å². The molecule has 0 saturated heterocycles. The van der Waals surface area contributed by atoms with Crippen LogP contribution in [0.1, 0.15) is 11.1 Å². The summed E-state index contributed by atoms with van der Waals surface area (Å²) in [5, 5.41) is 2.96. The van der Waals surface area contributed by atoms with Gasteiger partial charge in [0.15, 0.2) is 0 Å². The molecule has 2 rings (SSSR count). The Morgan fingerprint density at radius 3 is 2.94 bits per heavy atom. The number of H-pyrrole nitrogens is 2. The largest absolute Gasteiger partial charge is 0.368 e. The zero-order chi connectivity index (χ0) is 13.1. The number of nitrogen functional groups attached to an aromatic ring is 1. The first-order chi connectivity index (χ1) is 8.56. The van der Waals surface area contributed by atoms with Gasteiger partial charge in [0, 0.05) is 24.5 Å². The highest BCUT2D eigenvalue weighted by Crippen LogP contribution is 2.11. The van der Waals surface area contributed by atoms with Crippen molar-refractivity contribution in [2.24, 2.45) is 0 Å². The Morgan fingerprint density at radius 1 is 1.44 bits per heavy atom. The van der Waals surface area contributed by atoms with Gasteiger partial charge in [-0.25, -0.2) is 9.78 Å². The van der Waals surface area contributed by atoms with Crippen LogP contribution in [-0.4, -0.2) is 19.9 Å². The van der Waals surface area contributed by atoms with E-state index >= 15 is 0 Å². The minimum absolute atomic E-state index is 0.151. The molecule has 8 nitrogen and oxygen atoms in total. The second-order valence-corrected chi connectivity index (χ2v) is 3.71. The van der Waals surface area contributed by atoms with Gasteiger partial charge in [0.25, 0.3) is 5.56 Å². The fraction of sp³-hybridized carbons (Fsp3) is 0.200. The van der Waals surface area contributed by atoms with Gasteiger partial charge in [-0.15, -0.1) is 0 Å². The SMILES string of the molecule is Cc1cnc(N)nc1NCc1c[nH]c(=O)[nH]c1=O.